The maximum atomic E-state index is 13.2. The molecule has 0 radical (unpaired) electrons. The standard InChI is InChI=1S/C20H18ClN3O4S/c21-14-6-7-18-17(10-14)20(26)23(13-22-18)11-19(25)24(15-4-2-1-3-5-15)16-8-9-29(27,28)12-16/h1-7,10,13,16H,8-9,11-12H2/t16-/m1/s1. The molecular weight excluding hydrogens is 414 g/mol. The number of carbonyl (C=O) groups excluding carboxylic acids is 1. The van der Waals surface area contributed by atoms with Gasteiger partial charge in [0.25, 0.3) is 5.56 Å². The number of carbonyl (C=O) groups is 1. The molecule has 150 valence electrons. The number of amides is 1. The Labute approximate surface area is 172 Å². The molecule has 0 unspecified atom stereocenters. The van der Waals surface area contributed by atoms with Gasteiger partial charge in [0.2, 0.25) is 5.91 Å². The van der Waals surface area contributed by atoms with Crippen LogP contribution in [-0.4, -0.2) is 41.4 Å². The molecule has 1 aliphatic rings. The lowest BCUT2D eigenvalue weighted by molar-refractivity contribution is -0.119. The van der Waals surface area contributed by atoms with Crippen LogP contribution in [0.3, 0.4) is 0 Å². The van der Waals surface area contributed by atoms with Crippen molar-refractivity contribution < 1.29 is 13.2 Å². The average Bonchev–Trinajstić information content (AvgIpc) is 3.05. The van der Waals surface area contributed by atoms with Gasteiger partial charge in [-0.1, -0.05) is 29.8 Å². The Bertz CT molecular complexity index is 1240. The highest BCUT2D eigenvalue weighted by Crippen LogP contribution is 2.25. The molecule has 0 N–H and O–H groups in total. The van der Waals surface area contributed by atoms with Crippen LogP contribution in [0.4, 0.5) is 5.69 Å². The molecule has 1 atom stereocenters. The second-order valence-electron chi connectivity index (χ2n) is 7.00. The molecule has 0 saturated carbocycles. The van der Waals surface area contributed by atoms with Crippen molar-refractivity contribution in [1.29, 1.82) is 0 Å². The largest absolute Gasteiger partial charge is 0.307 e. The van der Waals surface area contributed by atoms with Gasteiger partial charge in [-0.2, -0.15) is 0 Å². The average molecular weight is 432 g/mol. The summed E-state index contributed by atoms with van der Waals surface area (Å²) < 4.78 is 25.2. The molecule has 1 saturated heterocycles. The topological polar surface area (TPSA) is 89.3 Å². The van der Waals surface area contributed by atoms with Crippen molar-refractivity contribution in [2.75, 3.05) is 16.4 Å². The number of rotatable bonds is 4. The zero-order chi connectivity index (χ0) is 20.6. The molecule has 29 heavy (non-hydrogen) atoms. The lowest BCUT2D eigenvalue weighted by Gasteiger charge is -2.28. The molecule has 1 aliphatic heterocycles. The van der Waals surface area contributed by atoms with Crippen LogP contribution in [0.15, 0.2) is 59.7 Å². The number of aromatic nitrogens is 2. The fourth-order valence-electron chi connectivity index (χ4n) is 3.59. The van der Waals surface area contributed by atoms with Crippen molar-refractivity contribution in [2.24, 2.45) is 0 Å². The minimum Gasteiger partial charge on any atom is -0.307 e. The second kappa shape index (κ2) is 7.61. The number of anilines is 1. The van der Waals surface area contributed by atoms with Crippen LogP contribution < -0.4 is 10.5 Å². The van der Waals surface area contributed by atoms with Gasteiger partial charge >= 0.3 is 0 Å². The van der Waals surface area contributed by atoms with Crippen molar-refractivity contribution in [3.63, 3.8) is 0 Å². The van der Waals surface area contributed by atoms with Crippen LogP contribution in [-0.2, 0) is 21.2 Å². The number of benzene rings is 2. The van der Waals surface area contributed by atoms with Crippen molar-refractivity contribution in [3.8, 4) is 0 Å². The van der Waals surface area contributed by atoms with Gasteiger partial charge in [0, 0.05) is 10.7 Å². The molecule has 9 heteroatoms. The van der Waals surface area contributed by atoms with Gasteiger partial charge < -0.3 is 4.90 Å². The molecular formula is C20H18ClN3O4S. The first-order valence-electron chi connectivity index (χ1n) is 9.06. The summed E-state index contributed by atoms with van der Waals surface area (Å²) in [7, 11) is -3.19. The third-order valence-electron chi connectivity index (χ3n) is 4.97. The fraction of sp³-hybridized carbons (Fsp3) is 0.250. The first-order chi connectivity index (χ1) is 13.8. The highest BCUT2D eigenvalue weighted by molar-refractivity contribution is 7.91. The summed E-state index contributed by atoms with van der Waals surface area (Å²) in [6.45, 7) is -0.250. The highest BCUT2D eigenvalue weighted by Gasteiger charge is 2.35. The van der Waals surface area contributed by atoms with E-state index in [4.69, 9.17) is 11.6 Å². The van der Waals surface area contributed by atoms with E-state index < -0.39 is 15.9 Å². The van der Waals surface area contributed by atoms with Crippen molar-refractivity contribution in [2.45, 2.75) is 19.0 Å². The number of sulfone groups is 1. The van der Waals surface area contributed by atoms with Crippen LogP contribution in [0, 0.1) is 0 Å². The van der Waals surface area contributed by atoms with E-state index in [0.29, 0.717) is 28.0 Å². The summed E-state index contributed by atoms with van der Waals surface area (Å²) in [6, 6.07) is 13.2. The van der Waals surface area contributed by atoms with E-state index in [2.05, 4.69) is 4.98 Å². The summed E-state index contributed by atoms with van der Waals surface area (Å²) in [6.07, 6.45) is 1.69. The highest BCUT2D eigenvalue weighted by atomic mass is 35.5. The molecule has 2 heterocycles. The van der Waals surface area contributed by atoms with Gasteiger partial charge in [-0.15, -0.1) is 0 Å². The van der Waals surface area contributed by atoms with Gasteiger partial charge in [0.1, 0.15) is 6.54 Å². The van der Waals surface area contributed by atoms with E-state index in [9.17, 15) is 18.0 Å². The Morgan fingerprint density at radius 1 is 1.21 bits per heavy atom. The van der Waals surface area contributed by atoms with E-state index >= 15 is 0 Å². The van der Waals surface area contributed by atoms with E-state index in [1.165, 1.54) is 21.9 Å². The Hall–Kier alpha value is -2.71. The van der Waals surface area contributed by atoms with E-state index in [1.54, 1.807) is 36.4 Å². The molecule has 1 aromatic heterocycles. The Morgan fingerprint density at radius 3 is 2.66 bits per heavy atom. The van der Waals surface area contributed by atoms with Gasteiger partial charge in [-0.3, -0.25) is 14.2 Å². The Morgan fingerprint density at radius 2 is 1.97 bits per heavy atom. The smallest absolute Gasteiger partial charge is 0.261 e. The number of nitrogens with zero attached hydrogens (tertiary/aromatic N) is 3. The van der Waals surface area contributed by atoms with Gasteiger partial charge in [-0.25, -0.2) is 13.4 Å². The summed E-state index contributed by atoms with van der Waals surface area (Å²) in [5.41, 5.74) is 0.715. The molecule has 0 spiro atoms. The number of hydrogen-bond donors (Lipinski definition) is 0. The molecule has 1 amide bonds. The first-order valence-corrected chi connectivity index (χ1v) is 11.3. The van der Waals surface area contributed by atoms with E-state index in [0.717, 1.165) is 0 Å². The van der Waals surface area contributed by atoms with Crippen molar-refractivity contribution in [1.82, 2.24) is 9.55 Å². The number of hydrogen-bond acceptors (Lipinski definition) is 5. The van der Waals surface area contributed by atoms with E-state index in [-0.39, 0.29) is 29.5 Å². The number of para-hydroxylation sites is 1. The quantitative estimate of drug-likeness (QED) is 0.632. The van der Waals surface area contributed by atoms with Crippen molar-refractivity contribution in [3.05, 3.63) is 70.2 Å². The van der Waals surface area contributed by atoms with Gasteiger partial charge in [-0.05, 0) is 36.8 Å². The fourth-order valence-corrected chi connectivity index (χ4v) is 5.46. The van der Waals surface area contributed by atoms with Gasteiger partial charge in [0.15, 0.2) is 9.84 Å². The van der Waals surface area contributed by atoms with Crippen LogP contribution in [0.25, 0.3) is 10.9 Å². The monoisotopic (exact) mass is 431 g/mol. The summed E-state index contributed by atoms with van der Waals surface area (Å²) >= 11 is 5.98. The minimum atomic E-state index is -3.19. The maximum absolute atomic E-state index is 13.2. The molecule has 3 aromatic rings. The zero-order valence-corrected chi connectivity index (χ0v) is 16.9. The number of fused-ring (bicyclic) bond motifs is 1. The molecule has 2 aromatic carbocycles. The second-order valence-corrected chi connectivity index (χ2v) is 9.66. The number of halogens is 1. The lowest BCUT2D eigenvalue weighted by Crippen LogP contribution is -2.44. The summed E-state index contributed by atoms with van der Waals surface area (Å²) in [5, 5.41) is 0.727. The summed E-state index contributed by atoms with van der Waals surface area (Å²) in [5.74, 6) is -0.415. The van der Waals surface area contributed by atoms with Crippen LogP contribution in [0.1, 0.15) is 6.42 Å². The molecule has 0 aliphatic carbocycles. The third kappa shape index (κ3) is 4.04. The molecule has 0 bridgehead atoms. The molecule has 7 nitrogen and oxygen atoms in total. The predicted molar refractivity (Wildman–Crippen MR) is 112 cm³/mol. The molecule has 1 fully saturated rings. The summed E-state index contributed by atoms with van der Waals surface area (Å²) in [4.78, 5) is 31.7. The Balaban J connectivity index is 1.69. The van der Waals surface area contributed by atoms with Gasteiger partial charge in [0.05, 0.1) is 34.8 Å². The normalized spacial score (nSPS) is 18.0. The third-order valence-corrected chi connectivity index (χ3v) is 6.95. The first kappa shape index (κ1) is 19.6. The van der Waals surface area contributed by atoms with Crippen LogP contribution >= 0.6 is 11.6 Å². The maximum Gasteiger partial charge on any atom is 0.261 e. The zero-order valence-electron chi connectivity index (χ0n) is 15.4. The van der Waals surface area contributed by atoms with Crippen LogP contribution in [0.2, 0.25) is 5.02 Å². The molecule has 4 rings (SSSR count). The predicted octanol–water partition coefficient (Wildman–Crippen LogP) is 2.27. The minimum absolute atomic E-state index is 0.0459. The van der Waals surface area contributed by atoms with E-state index in [1.807, 2.05) is 6.07 Å². The Kier molecular flexibility index (Phi) is 5.14. The lowest BCUT2D eigenvalue weighted by atomic mass is 10.1. The van der Waals surface area contributed by atoms with Crippen molar-refractivity contribution >= 4 is 43.9 Å². The van der Waals surface area contributed by atoms with Crippen LogP contribution in [0.5, 0.6) is 0 Å². The SMILES string of the molecule is O=C(Cn1cnc2ccc(Cl)cc2c1=O)N(c1ccccc1)[C@@H]1CCS(=O)(=O)C1.